The second-order valence-electron chi connectivity index (χ2n) is 2.81. The van der Waals surface area contributed by atoms with Crippen LogP contribution in [0, 0.1) is 0 Å². The maximum absolute atomic E-state index is 11.7. The molecule has 0 aromatic heterocycles. The van der Waals surface area contributed by atoms with E-state index in [-0.39, 0.29) is 0 Å². The zero-order valence-corrected chi connectivity index (χ0v) is 6.80. The fourth-order valence-corrected chi connectivity index (χ4v) is 1.09. The van der Waals surface area contributed by atoms with E-state index in [1.807, 2.05) is 6.08 Å². The molecule has 0 aromatic carbocycles. The van der Waals surface area contributed by atoms with Crippen LogP contribution in [0.4, 0.5) is 13.2 Å². The van der Waals surface area contributed by atoms with Crippen molar-refractivity contribution in [1.29, 1.82) is 0 Å². The number of rotatable bonds is 1. The van der Waals surface area contributed by atoms with E-state index in [1.54, 1.807) is 6.08 Å². The summed E-state index contributed by atoms with van der Waals surface area (Å²) in [6.45, 7) is 0. The molecule has 0 saturated heterocycles. The summed E-state index contributed by atoms with van der Waals surface area (Å²) in [5, 5.41) is 0. The number of alkyl halides is 3. The molecule has 0 bridgehead atoms. The Bertz CT molecular complexity index is 220. The van der Waals surface area contributed by atoms with Crippen molar-refractivity contribution in [3.8, 4) is 0 Å². The first-order chi connectivity index (χ1) is 6.00. The molecule has 2 nitrogen and oxygen atoms in total. The van der Waals surface area contributed by atoms with Crippen molar-refractivity contribution in [2.24, 2.45) is 0 Å². The summed E-state index contributed by atoms with van der Waals surface area (Å²) in [7, 11) is 0. The fourth-order valence-electron chi connectivity index (χ4n) is 1.09. The standard InChI is InChI=1S/C8H9F3O2/c9-8(10,11)7(12)13-6-4-2-1-3-5-6/h1-2,6H,3-5H2. The Kier molecular flexibility index (Phi) is 2.95. The highest BCUT2D eigenvalue weighted by Crippen LogP contribution is 2.21. The van der Waals surface area contributed by atoms with E-state index in [1.165, 1.54) is 0 Å². The summed E-state index contributed by atoms with van der Waals surface area (Å²) < 4.78 is 39.4. The SMILES string of the molecule is O=C(OC1CC=CCC1)C(F)(F)F. The summed E-state index contributed by atoms with van der Waals surface area (Å²) >= 11 is 0. The van der Waals surface area contributed by atoms with Crippen molar-refractivity contribution in [3.63, 3.8) is 0 Å². The van der Waals surface area contributed by atoms with Crippen LogP contribution in [0.3, 0.4) is 0 Å². The van der Waals surface area contributed by atoms with Gasteiger partial charge >= 0.3 is 12.1 Å². The van der Waals surface area contributed by atoms with E-state index >= 15 is 0 Å². The quantitative estimate of drug-likeness (QED) is 0.472. The third-order valence-electron chi connectivity index (χ3n) is 1.73. The summed E-state index contributed by atoms with van der Waals surface area (Å²) in [6.07, 6.45) is -0.397. The molecule has 5 heteroatoms. The number of esters is 1. The van der Waals surface area contributed by atoms with Gasteiger partial charge in [0.2, 0.25) is 0 Å². The minimum atomic E-state index is -4.87. The van der Waals surface area contributed by atoms with Gasteiger partial charge in [-0.05, 0) is 12.8 Å². The molecular weight excluding hydrogens is 185 g/mol. The van der Waals surface area contributed by atoms with Crippen LogP contribution in [0.1, 0.15) is 19.3 Å². The summed E-state index contributed by atoms with van der Waals surface area (Å²) in [6, 6.07) is 0. The van der Waals surface area contributed by atoms with Crippen LogP contribution in [-0.4, -0.2) is 18.2 Å². The molecule has 0 N–H and O–H groups in total. The Morgan fingerprint density at radius 1 is 1.38 bits per heavy atom. The average molecular weight is 194 g/mol. The highest BCUT2D eigenvalue weighted by molar-refractivity contribution is 5.75. The molecular formula is C8H9F3O2. The normalized spacial score (nSPS) is 22.8. The second kappa shape index (κ2) is 3.81. The van der Waals surface area contributed by atoms with Gasteiger partial charge in [-0.1, -0.05) is 12.2 Å². The number of ether oxygens (including phenoxy) is 1. The number of hydrogen-bond acceptors (Lipinski definition) is 2. The van der Waals surface area contributed by atoms with E-state index in [9.17, 15) is 18.0 Å². The molecule has 0 heterocycles. The van der Waals surface area contributed by atoms with Gasteiger partial charge < -0.3 is 4.74 Å². The third-order valence-corrected chi connectivity index (χ3v) is 1.73. The Morgan fingerprint density at radius 2 is 2.08 bits per heavy atom. The summed E-state index contributed by atoms with van der Waals surface area (Å²) in [5.41, 5.74) is 0. The van der Waals surface area contributed by atoms with Crippen molar-refractivity contribution in [1.82, 2.24) is 0 Å². The first-order valence-corrected chi connectivity index (χ1v) is 3.93. The van der Waals surface area contributed by atoms with E-state index in [0.717, 1.165) is 0 Å². The highest BCUT2D eigenvalue weighted by atomic mass is 19.4. The van der Waals surface area contributed by atoms with Gasteiger partial charge in [-0.25, -0.2) is 4.79 Å². The molecule has 1 aliphatic carbocycles. The second-order valence-corrected chi connectivity index (χ2v) is 2.81. The van der Waals surface area contributed by atoms with Crippen LogP contribution in [0.15, 0.2) is 12.2 Å². The smallest absolute Gasteiger partial charge is 0.455 e. The Balaban J connectivity index is 2.40. The van der Waals surface area contributed by atoms with Crippen LogP contribution < -0.4 is 0 Å². The fraction of sp³-hybridized carbons (Fsp3) is 0.625. The predicted octanol–water partition coefficient (Wildman–Crippen LogP) is 2.20. The average Bonchev–Trinajstić information content (AvgIpc) is 2.04. The van der Waals surface area contributed by atoms with Gasteiger partial charge in [0.15, 0.2) is 0 Å². The lowest BCUT2D eigenvalue weighted by Gasteiger charge is -2.18. The van der Waals surface area contributed by atoms with Gasteiger partial charge in [-0.3, -0.25) is 0 Å². The molecule has 0 radical (unpaired) electrons. The topological polar surface area (TPSA) is 26.3 Å². The Labute approximate surface area is 73.4 Å². The van der Waals surface area contributed by atoms with Gasteiger partial charge in [0, 0.05) is 6.42 Å². The summed E-state index contributed by atoms with van der Waals surface area (Å²) in [4.78, 5) is 10.4. The lowest BCUT2D eigenvalue weighted by molar-refractivity contribution is -0.205. The van der Waals surface area contributed by atoms with Crippen molar-refractivity contribution < 1.29 is 22.7 Å². The Morgan fingerprint density at radius 3 is 2.54 bits per heavy atom. The molecule has 0 aliphatic heterocycles. The number of hydrogen-bond donors (Lipinski definition) is 0. The molecule has 1 atom stereocenters. The highest BCUT2D eigenvalue weighted by Gasteiger charge is 2.42. The minimum Gasteiger partial charge on any atom is -0.455 e. The number of carbonyl (C=O) groups is 1. The van der Waals surface area contributed by atoms with Crippen molar-refractivity contribution in [3.05, 3.63) is 12.2 Å². The molecule has 0 amide bonds. The molecule has 74 valence electrons. The van der Waals surface area contributed by atoms with Crippen LogP contribution in [-0.2, 0) is 9.53 Å². The molecule has 0 aromatic rings. The van der Waals surface area contributed by atoms with Gasteiger partial charge in [0.25, 0.3) is 0 Å². The third kappa shape index (κ3) is 3.08. The van der Waals surface area contributed by atoms with Gasteiger partial charge in [0.05, 0.1) is 0 Å². The number of carbonyl (C=O) groups excluding carboxylic acids is 1. The zero-order chi connectivity index (χ0) is 9.90. The van der Waals surface area contributed by atoms with Crippen molar-refractivity contribution >= 4 is 5.97 Å². The monoisotopic (exact) mass is 194 g/mol. The largest absolute Gasteiger partial charge is 0.490 e. The maximum atomic E-state index is 11.7. The van der Waals surface area contributed by atoms with E-state index in [4.69, 9.17) is 0 Å². The molecule has 1 aliphatic rings. The maximum Gasteiger partial charge on any atom is 0.490 e. The van der Waals surface area contributed by atoms with Gasteiger partial charge in [-0.15, -0.1) is 0 Å². The predicted molar refractivity (Wildman–Crippen MR) is 38.9 cm³/mol. The lowest BCUT2D eigenvalue weighted by atomic mass is 10.1. The number of allylic oxidation sites excluding steroid dienone is 1. The van der Waals surface area contributed by atoms with Crippen molar-refractivity contribution in [2.45, 2.75) is 31.5 Å². The molecule has 1 rings (SSSR count). The van der Waals surface area contributed by atoms with Gasteiger partial charge in [-0.2, -0.15) is 13.2 Å². The van der Waals surface area contributed by atoms with Crippen LogP contribution in [0.2, 0.25) is 0 Å². The lowest BCUT2D eigenvalue weighted by Crippen LogP contribution is -2.30. The van der Waals surface area contributed by atoms with E-state index in [0.29, 0.717) is 19.3 Å². The molecule has 0 spiro atoms. The zero-order valence-electron chi connectivity index (χ0n) is 6.80. The first-order valence-electron chi connectivity index (χ1n) is 3.93. The molecule has 13 heavy (non-hydrogen) atoms. The van der Waals surface area contributed by atoms with Crippen molar-refractivity contribution in [2.75, 3.05) is 0 Å². The van der Waals surface area contributed by atoms with Crippen LogP contribution >= 0.6 is 0 Å². The molecule has 0 saturated carbocycles. The molecule has 0 fully saturated rings. The van der Waals surface area contributed by atoms with Gasteiger partial charge in [0.1, 0.15) is 6.10 Å². The summed E-state index contributed by atoms with van der Waals surface area (Å²) in [5.74, 6) is -2.09. The first kappa shape index (κ1) is 10.1. The molecule has 1 unspecified atom stereocenters. The van der Waals surface area contributed by atoms with Crippen LogP contribution in [0.25, 0.3) is 0 Å². The van der Waals surface area contributed by atoms with Crippen LogP contribution in [0.5, 0.6) is 0 Å². The Hall–Kier alpha value is -1.00. The number of halogens is 3. The minimum absolute atomic E-state index is 0.377. The van der Waals surface area contributed by atoms with E-state index < -0.39 is 18.2 Å². The van der Waals surface area contributed by atoms with E-state index in [2.05, 4.69) is 4.74 Å².